The van der Waals surface area contributed by atoms with E-state index in [2.05, 4.69) is 6.92 Å². The molecular formula is C22H22O3. The maximum atomic E-state index is 12.8. The van der Waals surface area contributed by atoms with Gasteiger partial charge in [0, 0.05) is 5.56 Å². The van der Waals surface area contributed by atoms with Crippen LogP contribution in [0.15, 0.2) is 69.9 Å². The Bertz CT molecular complexity index is 877. The average Bonchev–Trinajstić information content (AvgIpc) is 2.67. The summed E-state index contributed by atoms with van der Waals surface area (Å²) < 4.78 is 10.8. The van der Waals surface area contributed by atoms with Gasteiger partial charge in [-0.2, -0.15) is 0 Å². The number of hydrogen-bond acceptors (Lipinski definition) is 3. The first kappa shape index (κ1) is 17.0. The van der Waals surface area contributed by atoms with Crippen LogP contribution in [0.1, 0.15) is 25.3 Å². The lowest BCUT2D eigenvalue weighted by atomic mass is 9.97. The molecule has 0 aliphatic heterocycles. The maximum absolute atomic E-state index is 12.8. The molecule has 0 spiro atoms. The van der Waals surface area contributed by atoms with Crippen molar-refractivity contribution in [3.8, 4) is 28.2 Å². The molecule has 0 fully saturated rings. The molecule has 3 aromatic rings. The number of benzene rings is 2. The third-order valence-corrected chi connectivity index (χ3v) is 4.27. The third kappa shape index (κ3) is 3.82. The molecule has 0 N–H and O–H groups in total. The van der Waals surface area contributed by atoms with E-state index in [9.17, 15) is 4.79 Å². The van der Waals surface area contributed by atoms with Crippen LogP contribution in [0.2, 0.25) is 0 Å². The van der Waals surface area contributed by atoms with Crippen LogP contribution in [0.3, 0.4) is 0 Å². The van der Waals surface area contributed by atoms with E-state index in [-0.39, 0.29) is 5.63 Å². The molecule has 0 aliphatic rings. The average molecular weight is 334 g/mol. The lowest BCUT2D eigenvalue weighted by Gasteiger charge is -2.11. The Labute approximate surface area is 147 Å². The number of ether oxygens (including phenoxy) is 1. The van der Waals surface area contributed by atoms with E-state index in [1.54, 1.807) is 7.11 Å². The topological polar surface area (TPSA) is 39.4 Å². The van der Waals surface area contributed by atoms with Gasteiger partial charge < -0.3 is 9.15 Å². The smallest absolute Gasteiger partial charge is 0.344 e. The Morgan fingerprint density at radius 1 is 0.960 bits per heavy atom. The lowest BCUT2D eigenvalue weighted by molar-refractivity contribution is 0.415. The van der Waals surface area contributed by atoms with Gasteiger partial charge in [0.2, 0.25) is 0 Å². The van der Waals surface area contributed by atoms with Crippen LogP contribution >= 0.6 is 0 Å². The normalized spacial score (nSPS) is 10.6. The highest BCUT2D eigenvalue weighted by Crippen LogP contribution is 2.28. The zero-order chi connectivity index (χ0) is 17.6. The molecule has 3 rings (SSSR count). The zero-order valence-electron chi connectivity index (χ0n) is 14.6. The van der Waals surface area contributed by atoms with Crippen molar-refractivity contribution in [3.05, 3.63) is 76.6 Å². The Hall–Kier alpha value is -2.81. The predicted octanol–water partition coefficient (Wildman–Crippen LogP) is 5.33. The Balaban J connectivity index is 2.11. The van der Waals surface area contributed by atoms with Crippen molar-refractivity contribution in [2.24, 2.45) is 0 Å². The van der Waals surface area contributed by atoms with E-state index < -0.39 is 0 Å². The fourth-order valence-corrected chi connectivity index (χ4v) is 2.91. The maximum Gasteiger partial charge on any atom is 0.344 e. The highest BCUT2D eigenvalue weighted by atomic mass is 16.5. The first-order chi connectivity index (χ1) is 12.2. The summed E-state index contributed by atoms with van der Waals surface area (Å²) in [7, 11) is 1.63. The first-order valence-corrected chi connectivity index (χ1v) is 8.59. The summed E-state index contributed by atoms with van der Waals surface area (Å²) in [6.45, 7) is 2.15. The molecule has 0 bridgehead atoms. The number of methoxy groups -OCH3 is 1. The van der Waals surface area contributed by atoms with Gasteiger partial charge in [-0.05, 0) is 42.2 Å². The van der Waals surface area contributed by atoms with Gasteiger partial charge in [0.25, 0.3) is 0 Å². The molecule has 25 heavy (non-hydrogen) atoms. The minimum atomic E-state index is -0.294. The monoisotopic (exact) mass is 334 g/mol. The minimum absolute atomic E-state index is 0.294. The molecule has 0 atom stereocenters. The molecule has 0 radical (unpaired) electrons. The molecule has 128 valence electrons. The van der Waals surface area contributed by atoms with Gasteiger partial charge in [-0.1, -0.05) is 55.8 Å². The number of hydrogen-bond donors (Lipinski definition) is 0. The van der Waals surface area contributed by atoms with Crippen molar-refractivity contribution in [1.29, 1.82) is 0 Å². The van der Waals surface area contributed by atoms with Crippen LogP contribution in [-0.4, -0.2) is 7.11 Å². The molecule has 0 unspecified atom stereocenters. The molecule has 0 amide bonds. The summed E-state index contributed by atoms with van der Waals surface area (Å²) in [5.74, 6) is 1.39. The van der Waals surface area contributed by atoms with Crippen LogP contribution in [0, 0.1) is 0 Å². The van der Waals surface area contributed by atoms with E-state index >= 15 is 0 Å². The van der Waals surface area contributed by atoms with Gasteiger partial charge in [0.05, 0.1) is 12.7 Å². The van der Waals surface area contributed by atoms with Crippen molar-refractivity contribution < 1.29 is 9.15 Å². The van der Waals surface area contributed by atoms with Gasteiger partial charge in [0.1, 0.15) is 11.5 Å². The Kier molecular flexibility index (Phi) is 5.34. The molecule has 2 aromatic carbocycles. The van der Waals surface area contributed by atoms with Crippen molar-refractivity contribution in [1.82, 2.24) is 0 Å². The Morgan fingerprint density at radius 2 is 1.68 bits per heavy atom. The predicted molar refractivity (Wildman–Crippen MR) is 101 cm³/mol. The molecule has 3 nitrogen and oxygen atoms in total. The summed E-state index contributed by atoms with van der Waals surface area (Å²) in [4.78, 5) is 12.8. The van der Waals surface area contributed by atoms with E-state index in [1.807, 2.05) is 60.7 Å². The lowest BCUT2D eigenvalue weighted by Crippen LogP contribution is -2.08. The fraction of sp³-hybridized carbons (Fsp3) is 0.227. The highest BCUT2D eigenvalue weighted by molar-refractivity contribution is 5.69. The fourth-order valence-electron chi connectivity index (χ4n) is 2.91. The number of aryl methyl sites for hydroxylation is 1. The van der Waals surface area contributed by atoms with Crippen molar-refractivity contribution in [3.63, 3.8) is 0 Å². The second-order valence-electron chi connectivity index (χ2n) is 6.00. The number of unbranched alkanes of at least 4 members (excludes halogenated alkanes) is 1. The largest absolute Gasteiger partial charge is 0.497 e. The van der Waals surface area contributed by atoms with Crippen molar-refractivity contribution >= 4 is 0 Å². The van der Waals surface area contributed by atoms with Gasteiger partial charge in [0.15, 0.2) is 0 Å². The van der Waals surface area contributed by atoms with Crippen LogP contribution in [0.25, 0.3) is 22.5 Å². The zero-order valence-corrected chi connectivity index (χ0v) is 14.6. The van der Waals surface area contributed by atoms with E-state index in [1.165, 1.54) is 0 Å². The van der Waals surface area contributed by atoms with Crippen molar-refractivity contribution in [2.45, 2.75) is 26.2 Å². The first-order valence-electron chi connectivity index (χ1n) is 8.59. The van der Waals surface area contributed by atoms with E-state index in [4.69, 9.17) is 9.15 Å². The second-order valence-corrected chi connectivity index (χ2v) is 6.00. The summed E-state index contributed by atoms with van der Waals surface area (Å²) in [5.41, 5.74) is 3.16. The summed E-state index contributed by atoms with van der Waals surface area (Å²) in [6, 6.07) is 19.3. The minimum Gasteiger partial charge on any atom is -0.497 e. The molecule has 0 saturated carbocycles. The van der Waals surface area contributed by atoms with Gasteiger partial charge in [-0.3, -0.25) is 0 Å². The highest BCUT2D eigenvalue weighted by Gasteiger charge is 2.15. The summed E-state index contributed by atoms with van der Waals surface area (Å²) in [6.07, 6.45) is 2.95. The van der Waals surface area contributed by atoms with Gasteiger partial charge in [-0.25, -0.2) is 4.79 Å². The summed E-state index contributed by atoms with van der Waals surface area (Å²) in [5, 5.41) is 0. The van der Waals surface area contributed by atoms with Crippen molar-refractivity contribution in [2.75, 3.05) is 7.11 Å². The van der Waals surface area contributed by atoms with Gasteiger partial charge in [-0.15, -0.1) is 0 Å². The van der Waals surface area contributed by atoms with Crippen LogP contribution in [-0.2, 0) is 6.42 Å². The van der Waals surface area contributed by atoms with Crippen LogP contribution in [0.4, 0.5) is 0 Å². The SMILES string of the molecule is CCCCc1cc(-c2ccccc2)oc(=O)c1-c1ccc(OC)cc1. The van der Waals surface area contributed by atoms with Crippen LogP contribution in [0.5, 0.6) is 5.75 Å². The Morgan fingerprint density at radius 3 is 2.32 bits per heavy atom. The second kappa shape index (κ2) is 7.84. The third-order valence-electron chi connectivity index (χ3n) is 4.27. The van der Waals surface area contributed by atoms with Gasteiger partial charge >= 0.3 is 5.63 Å². The standard InChI is InChI=1S/C22H22O3/c1-3-4-8-18-15-20(16-9-6-5-7-10-16)25-22(23)21(18)17-11-13-19(24-2)14-12-17/h5-7,9-15H,3-4,8H2,1-2H3. The van der Waals surface area contributed by atoms with E-state index in [0.717, 1.165) is 41.7 Å². The molecule has 1 heterocycles. The summed E-state index contributed by atoms with van der Waals surface area (Å²) >= 11 is 0. The number of rotatable bonds is 6. The molecule has 1 aromatic heterocycles. The van der Waals surface area contributed by atoms with E-state index in [0.29, 0.717) is 11.3 Å². The molecule has 3 heteroatoms. The quantitative estimate of drug-likeness (QED) is 0.612. The molecular weight excluding hydrogens is 312 g/mol. The van der Waals surface area contributed by atoms with Crippen LogP contribution < -0.4 is 10.4 Å². The molecule has 0 saturated heterocycles. The molecule has 0 aliphatic carbocycles.